The first kappa shape index (κ1) is 26.4. The van der Waals surface area contributed by atoms with Crippen molar-refractivity contribution in [1.82, 2.24) is 20.3 Å². The molecule has 2 aromatic carbocycles. The molecule has 0 radical (unpaired) electrons. The van der Waals surface area contributed by atoms with Crippen molar-refractivity contribution in [3.05, 3.63) is 42.5 Å². The fourth-order valence-electron chi connectivity index (χ4n) is 4.06. The van der Waals surface area contributed by atoms with Crippen molar-refractivity contribution in [2.24, 2.45) is 10.9 Å². The maximum atomic E-state index is 13.1. The van der Waals surface area contributed by atoms with Gasteiger partial charge in [-0.1, -0.05) is 30.3 Å². The fraction of sp³-hybridized carbons (Fsp3) is 0.435. The predicted molar refractivity (Wildman–Crippen MR) is 133 cm³/mol. The van der Waals surface area contributed by atoms with Crippen molar-refractivity contribution in [2.45, 2.75) is 42.7 Å². The lowest BCUT2D eigenvalue weighted by Crippen LogP contribution is -2.54. The molecule has 190 valence electrons. The number of likely N-dealkylation sites (tertiary alicyclic amines) is 1. The van der Waals surface area contributed by atoms with E-state index in [-0.39, 0.29) is 10.8 Å². The molecule has 0 unspecified atom stereocenters. The smallest absolute Gasteiger partial charge is 0.243 e. The third-order valence-corrected chi connectivity index (χ3v) is 7.33. The average Bonchev–Trinajstić information content (AvgIpc) is 3.36. The number of benzene rings is 2. The lowest BCUT2D eigenvalue weighted by atomic mass is 10.1. The maximum absolute atomic E-state index is 13.1. The van der Waals surface area contributed by atoms with Gasteiger partial charge in [-0.3, -0.25) is 9.59 Å². The lowest BCUT2D eigenvalue weighted by molar-refractivity contribution is -0.140. The molecule has 1 fully saturated rings. The van der Waals surface area contributed by atoms with Crippen molar-refractivity contribution in [3.8, 4) is 0 Å². The number of hydrogen-bond acceptors (Lipinski definition) is 7. The average molecular weight is 505 g/mol. The predicted octanol–water partition coefficient (Wildman–Crippen LogP) is -0.142. The second kappa shape index (κ2) is 12.5. The van der Waals surface area contributed by atoms with E-state index in [4.69, 9.17) is 5.84 Å². The van der Waals surface area contributed by atoms with Crippen LogP contribution < -0.4 is 21.2 Å². The summed E-state index contributed by atoms with van der Waals surface area (Å²) in [5, 5.41) is 20.5. The van der Waals surface area contributed by atoms with E-state index in [1.165, 1.54) is 23.4 Å². The Morgan fingerprint density at radius 3 is 2.66 bits per heavy atom. The minimum Gasteiger partial charge on any atom is -0.394 e. The molecular weight excluding hydrogens is 472 g/mol. The van der Waals surface area contributed by atoms with Gasteiger partial charge in [0.25, 0.3) is 0 Å². The van der Waals surface area contributed by atoms with Crippen molar-refractivity contribution >= 4 is 38.9 Å². The molecule has 1 aliphatic heterocycles. The summed E-state index contributed by atoms with van der Waals surface area (Å²) in [4.78, 5) is 27.1. The molecule has 0 aliphatic carbocycles. The molecule has 12 heteroatoms. The van der Waals surface area contributed by atoms with E-state index >= 15 is 0 Å². The molecule has 3 rings (SSSR count). The standard InChI is InChI=1S/C23H32N6O5S/c24-27-16-25-11-3-4-12-26-22(31)21-8-5-13-29(21)23(32)20(15-30)28-35(33,34)19-10-9-17-6-1-2-7-18(17)14-19/h1-2,6-7,9-10,14,16,20-21,28,30H,3-5,8,11-13,15,24H2,(H,25,27)(H,26,31)/t20-,21+/m0/s1. The second-order valence-corrected chi connectivity index (χ2v) is 10.00. The van der Waals surface area contributed by atoms with E-state index in [9.17, 15) is 23.1 Å². The molecule has 0 aromatic heterocycles. The van der Waals surface area contributed by atoms with Gasteiger partial charge in [0.15, 0.2) is 0 Å². The molecule has 0 bridgehead atoms. The van der Waals surface area contributed by atoms with Crippen LogP contribution in [-0.2, 0) is 19.6 Å². The zero-order valence-corrected chi connectivity index (χ0v) is 20.2. The third kappa shape index (κ3) is 6.90. The quantitative estimate of drug-likeness (QED) is 0.0882. The molecule has 2 amide bonds. The van der Waals surface area contributed by atoms with Crippen LogP contribution in [0.15, 0.2) is 52.5 Å². The number of nitrogens with one attached hydrogen (secondary N) is 3. The van der Waals surface area contributed by atoms with Crippen LogP contribution in [0.2, 0.25) is 0 Å². The largest absolute Gasteiger partial charge is 0.394 e. The van der Waals surface area contributed by atoms with E-state index in [1.807, 2.05) is 12.1 Å². The Bertz CT molecular complexity index is 1160. The Morgan fingerprint density at radius 2 is 1.91 bits per heavy atom. The molecule has 0 saturated carbocycles. The van der Waals surface area contributed by atoms with E-state index in [0.717, 1.165) is 23.6 Å². The normalized spacial score (nSPS) is 17.1. The Kier molecular flexibility index (Phi) is 9.40. The van der Waals surface area contributed by atoms with Crippen LogP contribution in [0.4, 0.5) is 0 Å². The van der Waals surface area contributed by atoms with Gasteiger partial charge in [0.2, 0.25) is 21.8 Å². The van der Waals surface area contributed by atoms with Gasteiger partial charge in [-0.05, 0) is 48.6 Å². The summed E-state index contributed by atoms with van der Waals surface area (Å²) in [6.45, 7) is 0.694. The van der Waals surface area contributed by atoms with Crippen molar-refractivity contribution in [2.75, 3.05) is 26.2 Å². The molecule has 0 spiro atoms. The van der Waals surface area contributed by atoms with Gasteiger partial charge in [-0.25, -0.2) is 8.42 Å². The zero-order valence-electron chi connectivity index (χ0n) is 19.4. The number of carbonyl (C=O) groups excluding carboxylic acids is 2. The van der Waals surface area contributed by atoms with E-state index in [1.54, 1.807) is 18.2 Å². The van der Waals surface area contributed by atoms with Gasteiger partial charge < -0.3 is 26.5 Å². The van der Waals surface area contributed by atoms with E-state index < -0.39 is 34.6 Å². The molecule has 11 nitrogen and oxygen atoms in total. The summed E-state index contributed by atoms with van der Waals surface area (Å²) < 4.78 is 28.2. The first-order valence-electron chi connectivity index (χ1n) is 11.5. The van der Waals surface area contributed by atoms with Gasteiger partial charge in [0.05, 0.1) is 11.5 Å². The number of amides is 2. The Morgan fingerprint density at radius 1 is 1.17 bits per heavy atom. The van der Waals surface area contributed by atoms with Crippen LogP contribution >= 0.6 is 0 Å². The van der Waals surface area contributed by atoms with Gasteiger partial charge in [0.1, 0.15) is 18.4 Å². The van der Waals surface area contributed by atoms with Gasteiger partial charge in [-0.15, -0.1) is 0 Å². The number of aliphatic hydroxyl groups excluding tert-OH is 1. The van der Waals surface area contributed by atoms with Gasteiger partial charge in [0, 0.05) is 19.6 Å². The number of hydrogen-bond donors (Lipinski definition) is 5. The van der Waals surface area contributed by atoms with Crippen LogP contribution in [0, 0.1) is 0 Å². The number of fused-ring (bicyclic) bond motifs is 1. The molecule has 2 aromatic rings. The maximum Gasteiger partial charge on any atom is 0.243 e. The number of carbonyl (C=O) groups is 2. The van der Waals surface area contributed by atoms with Gasteiger partial charge in [-0.2, -0.15) is 9.82 Å². The van der Waals surface area contributed by atoms with Crippen molar-refractivity contribution in [3.63, 3.8) is 0 Å². The molecule has 1 heterocycles. The summed E-state index contributed by atoms with van der Waals surface area (Å²) in [5.74, 6) is 4.08. The van der Waals surface area contributed by atoms with Crippen molar-refractivity contribution in [1.29, 1.82) is 0 Å². The molecule has 6 N–H and O–H groups in total. The van der Waals surface area contributed by atoms with Gasteiger partial charge >= 0.3 is 0 Å². The Labute approximate surface area is 204 Å². The minimum absolute atomic E-state index is 0.00890. The molecular formula is C23H32N6O5S. The summed E-state index contributed by atoms with van der Waals surface area (Å²) in [5.41, 5.74) is 0. The summed E-state index contributed by atoms with van der Waals surface area (Å²) in [7, 11) is -4.08. The first-order chi connectivity index (χ1) is 16.9. The summed E-state index contributed by atoms with van der Waals surface area (Å²) >= 11 is 0. The highest BCUT2D eigenvalue weighted by atomic mass is 32.2. The van der Waals surface area contributed by atoms with Crippen LogP contribution in [0.25, 0.3) is 10.8 Å². The number of hydrazone groups is 1. The van der Waals surface area contributed by atoms with Crippen LogP contribution in [0.1, 0.15) is 25.7 Å². The molecule has 2 atom stereocenters. The number of nitrogens with two attached hydrogens (primary N) is 1. The number of sulfonamides is 1. The molecule has 35 heavy (non-hydrogen) atoms. The van der Waals surface area contributed by atoms with Crippen LogP contribution in [0.5, 0.6) is 0 Å². The second-order valence-electron chi connectivity index (χ2n) is 8.29. The number of aliphatic hydroxyl groups is 1. The van der Waals surface area contributed by atoms with Crippen LogP contribution in [-0.4, -0.2) is 74.9 Å². The molecule has 1 aliphatic rings. The molecule has 1 saturated heterocycles. The number of unbranched alkanes of at least 4 members (excludes halogenated alkanes) is 1. The lowest BCUT2D eigenvalue weighted by Gasteiger charge is -2.28. The Hall–Kier alpha value is -3.22. The SMILES string of the molecule is NN=CNCCCCNC(=O)[C@H]1CCCN1C(=O)[C@H](CO)NS(=O)(=O)c1ccc2ccccc2c1. The first-order valence-corrected chi connectivity index (χ1v) is 13.0. The van der Waals surface area contributed by atoms with Crippen LogP contribution in [0.3, 0.4) is 0 Å². The van der Waals surface area contributed by atoms with Crippen molar-refractivity contribution < 1.29 is 23.1 Å². The fourth-order valence-corrected chi connectivity index (χ4v) is 5.27. The van der Waals surface area contributed by atoms with E-state index in [2.05, 4.69) is 20.5 Å². The third-order valence-electron chi connectivity index (χ3n) is 5.86. The monoisotopic (exact) mass is 504 g/mol. The zero-order chi connectivity index (χ0) is 25.3. The summed E-state index contributed by atoms with van der Waals surface area (Å²) in [6.07, 6.45) is 4.00. The Balaban J connectivity index is 1.60. The highest BCUT2D eigenvalue weighted by molar-refractivity contribution is 7.89. The topological polar surface area (TPSA) is 166 Å². The highest BCUT2D eigenvalue weighted by Gasteiger charge is 2.38. The number of nitrogens with zero attached hydrogens (tertiary/aromatic N) is 2. The number of rotatable bonds is 12. The summed E-state index contributed by atoms with van der Waals surface area (Å²) in [6, 6.07) is 9.87. The van der Waals surface area contributed by atoms with E-state index in [0.29, 0.717) is 32.5 Å². The highest BCUT2D eigenvalue weighted by Crippen LogP contribution is 2.21. The minimum atomic E-state index is -4.08.